The molecule has 0 heterocycles. The molecule has 0 aliphatic rings. The van der Waals surface area contributed by atoms with Crippen molar-refractivity contribution in [3.8, 4) is 0 Å². The summed E-state index contributed by atoms with van der Waals surface area (Å²) in [5.41, 5.74) is 8.18. The first-order valence-corrected chi connectivity index (χ1v) is 14.6. The van der Waals surface area contributed by atoms with Crippen LogP contribution in [0, 0.1) is 0 Å². The van der Waals surface area contributed by atoms with Gasteiger partial charge in [0.1, 0.15) is 6.10 Å². The van der Waals surface area contributed by atoms with Gasteiger partial charge in [-0.2, -0.15) is 0 Å². The normalized spacial score (nSPS) is 11.8. The molecule has 0 aromatic rings. The molecule has 0 aliphatic carbocycles. The summed E-state index contributed by atoms with van der Waals surface area (Å²) in [5, 5.41) is 3.40. The van der Waals surface area contributed by atoms with Gasteiger partial charge in [-0.05, 0) is 44.1 Å². The number of ether oxygens (including phenoxy) is 6. The van der Waals surface area contributed by atoms with Crippen LogP contribution in [-0.4, -0.2) is 85.3 Å². The van der Waals surface area contributed by atoms with E-state index in [0.717, 1.165) is 38.9 Å². The Morgan fingerprint density at radius 3 is 1.55 bits per heavy atom. The first-order valence-electron chi connectivity index (χ1n) is 14.6. The topological polar surface area (TPSA) is 104 Å². The summed E-state index contributed by atoms with van der Waals surface area (Å²) in [6, 6.07) is 0. The lowest BCUT2D eigenvalue weighted by molar-refractivity contribution is -0.0700. The maximum atomic E-state index is 8.18. The summed E-state index contributed by atoms with van der Waals surface area (Å²) in [6.07, 6.45) is 18.2. The van der Waals surface area contributed by atoms with Gasteiger partial charge in [0.25, 0.3) is 0 Å². The van der Waals surface area contributed by atoms with Gasteiger partial charge in [-0.1, -0.05) is 55.8 Å². The van der Waals surface area contributed by atoms with E-state index in [-0.39, 0.29) is 6.10 Å². The Labute approximate surface area is 231 Å². The number of azide groups is 1. The van der Waals surface area contributed by atoms with Crippen molar-refractivity contribution in [2.75, 3.05) is 79.2 Å². The lowest BCUT2D eigenvalue weighted by Crippen LogP contribution is -2.27. The van der Waals surface area contributed by atoms with Crippen LogP contribution in [0.2, 0.25) is 0 Å². The Hall–Kier alpha value is -1.45. The van der Waals surface area contributed by atoms with Crippen molar-refractivity contribution in [1.82, 2.24) is 0 Å². The van der Waals surface area contributed by atoms with E-state index in [1.165, 1.54) is 51.4 Å². The third kappa shape index (κ3) is 30.8. The molecule has 0 aromatic heterocycles. The van der Waals surface area contributed by atoms with E-state index >= 15 is 0 Å². The molecule has 222 valence electrons. The molecule has 0 aromatic carbocycles. The van der Waals surface area contributed by atoms with Crippen LogP contribution >= 0.6 is 0 Å². The predicted octanol–water partition coefficient (Wildman–Crippen LogP) is 6.82. The van der Waals surface area contributed by atoms with Crippen molar-refractivity contribution in [1.29, 1.82) is 0 Å². The molecular formula is C29H55N3O6. The van der Waals surface area contributed by atoms with Gasteiger partial charge < -0.3 is 28.4 Å². The standard InChI is InChI=1S/C29H55N3O6/c1-3-5-7-9-11-13-15-18-36-27-29(38-19-16-14-12-10-8-6-4-2)28-37-26-25-35-24-23-34-22-21-33-20-17-31-32-30/h3-4,29H,1-2,5-28H2. The van der Waals surface area contributed by atoms with Gasteiger partial charge in [0.2, 0.25) is 0 Å². The van der Waals surface area contributed by atoms with Crippen LogP contribution in [0.3, 0.4) is 0 Å². The molecule has 1 unspecified atom stereocenters. The zero-order valence-corrected chi connectivity index (χ0v) is 23.9. The second-order valence-corrected chi connectivity index (χ2v) is 9.12. The monoisotopic (exact) mass is 541 g/mol. The van der Waals surface area contributed by atoms with Gasteiger partial charge in [-0.3, -0.25) is 0 Å². The van der Waals surface area contributed by atoms with Crippen molar-refractivity contribution >= 4 is 0 Å². The Balaban J connectivity index is 3.84. The molecule has 0 spiro atoms. The molecule has 0 N–H and O–H groups in total. The van der Waals surface area contributed by atoms with Gasteiger partial charge in [0.05, 0.1) is 59.5 Å². The zero-order valence-electron chi connectivity index (χ0n) is 23.9. The van der Waals surface area contributed by atoms with Crippen molar-refractivity contribution in [2.45, 2.75) is 83.2 Å². The van der Waals surface area contributed by atoms with E-state index in [2.05, 4.69) is 23.2 Å². The SMILES string of the molecule is C=CCCCCCCCOCC(COCCOCCOCCOCCN=[N+]=[N-])OCCCCCCCC=C. The van der Waals surface area contributed by atoms with Gasteiger partial charge in [-0.15, -0.1) is 13.2 Å². The molecule has 0 amide bonds. The number of hydrogen-bond donors (Lipinski definition) is 0. The Morgan fingerprint density at radius 2 is 1.00 bits per heavy atom. The zero-order chi connectivity index (χ0) is 27.6. The van der Waals surface area contributed by atoms with E-state index in [9.17, 15) is 0 Å². The van der Waals surface area contributed by atoms with Crippen LogP contribution in [0.1, 0.15) is 77.0 Å². The van der Waals surface area contributed by atoms with Gasteiger partial charge in [0, 0.05) is 24.7 Å². The van der Waals surface area contributed by atoms with Crippen molar-refractivity contribution in [3.63, 3.8) is 0 Å². The second-order valence-electron chi connectivity index (χ2n) is 9.12. The second kappa shape index (κ2) is 33.6. The lowest BCUT2D eigenvalue weighted by atomic mass is 10.1. The van der Waals surface area contributed by atoms with E-state index in [1.54, 1.807) is 0 Å². The number of rotatable bonds is 33. The average molecular weight is 542 g/mol. The first kappa shape index (κ1) is 36.5. The van der Waals surface area contributed by atoms with Crippen molar-refractivity contribution < 1.29 is 28.4 Å². The van der Waals surface area contributed by atoms with Crippen LogP contribution in [-0.2, 0) is 28.4 Å². The number of allylic oxidation sites excluding steroid dienone is 2. The molecule has 0 fully saturated rings. The maximum absolute atomic E-state index is 8.18. The molecule has 9 heteroatoms. The molecule has 0 saturated carbocycles. The fourth-order valence-electron chi connectivity index (χ4n) is 3.58. The third-order valence-corrected chi connectivity index (χ3v) is 5.73. The summed E-state index contributed by atoms with van der Waals surface area (Å²) >= 11 is 0. The van der Waals surface area contributed by atoms with Gasteiger partial charge >= 0.3 is 0 Å². The quantitative estimate of drug-likeness (QED) is 0.0297. The Kier molecular flexibility index (Phi) is 32.3. The smallest absolute Gasteiger partial charge is 0.104 e. The molecule has 0 aliphatic heterocycles. The summed E-state index contributed by atoms with van der Waals surface area (Å²) < 4.78 is 34.0. The van der Waals surface area contributed by atoms with Crippen LogP contribution in [0.15, 0.2) is 30.4 Å². The summed E-state index contributed by atoms with van der Waals surface area (Å²) in [4.78, 5) is 2.67. The summed E-state index contributed by atoms with van der Waals surface area (Å²) in [7, 11) is 0. The molecule has 0 saturated heterocycles. The van der Waals surface area contributed by atoms with Crippen molar-refractivity contribution in [2.24, 2.45) is 5.11 Å². The lowest BCUT2D eigenvalue weighted by Gasteiger charge is -2.18. The van der Waals surface area contributed by atoms with E-state index < -0.39 is 0 Å². The highest BCUT2D eigenvalue weighted by Crippen LogP contribution is 2.08. The van der Waals surface area contributed by atoms with E-state index in [4.69, 9.17) is 34.0 Å². The minimum atomic E-state index is -0.0504. The molecular weight excluding hydrogens is 486 g/mol. The number of hydrogen-bond acceptors (Lipinski definition) is 7. The molecule has 1 atom stereocenters. The number of nitrogens with zero attached hydrogens (tertiary/aromatic N) is 3. The molecule has 0 radical (unpaired) electrons. The fraction of sp³-hybridized carbons (Fsp3) is 0.862. The molecule has 38 heavy (non-hydrogen) atoms. The van der Waals surface area contributed by atoms with Crippen LogP contribution in [0.25, 0.3) is 10.4 Å². The van der Waals surface area contributed by atoms with Crippen molar-refractivity contribution in [3.05, 3.63) is 35.8 Å². The first-order chi connectivity index (χ1) is 18.8. The highest BCUT2D eigenvalue weighted by molar-refractivity contribution is 4.66. The maximum Gasteiger partial charge on any atom is 0.104 e. The minimum absolute atomic E-state index is 0.0504. The van der Waals surface area contributed by atoms with E-state index in [0.29, 0.717) is 66.0 Å². The van der Waals surface area contributed by atoms with E-state index in [1.807, 2.05) is 12.2 Å². The highest BCUT2D eigenvalue weighted by atomic mass is 16.6. The van der Waals surface area contributed by atoms with Crippen LogP contribution in [0.4, 0.5) is 0 Å². The Bertz CT molecular complexity index is 546. The average Bonchev–Trinajstić information content (AvgIpc) is 2.93. The largest absolute Gasteiger partial charge is 0.379 e. The summed E-state index contributed by atoms with van der Waals surface area (Å²) in [6.45, 7) is 13.9. The predicted molar refractivity (Wildman–Crippen MR) is 154 cm³/mol. The minimum Gasteiger partial charge on any atom is -0.379 e. The third-order valence-electron chi connectivity index (χ3n) is 5.73. The highest BCUT2D eigenvalue weighted by Gasteiger charge is 2.10. The summed E-state index contributed by atoms with van der Waals surface area (Å²) in [5.74, 6) is 0. The van der Waals surface area contributed by atoms with Crippen LogP contribution in [0.5, 0.6) is 0 Å². The van der Waals surface area contributed by atoms with Gasteiger partial charge in [-0.25, -0.2) is 0 Å². The molecule has 9 nitrogen and oxygen atoms in total. The molecule has 0 rings (SSSR count). The molecule has 0 bridgehead atoms. The number of unbranched alkanes of at least 4 members (excludes halogenated alkanes) is 10. The fourth-order valence-corrected chi connectivity index (χ4v) is 3.58. The Morgan fingerprint density at radius 1 is 0.553 bits per heavy atom. The van der Waals surface area contributed by atoms with Gasteiger partial charge in [0.15, 0.2) is 0 Å². The van der Waals surface area contributed by atoms with Crippen LogP contribution < -0.4 is 0 Å².